The zero-order valence-electron chi connectivity index (χ0n) is 6.83. The molecular formula is C10H11As. The fraction of sp³-hybridized carbons (Fsp3) is 0.200. The van der Waals surface area contributed by atoms with Crippen LogP contribution in [-0.4, -0.2) is 14.7 Å². The Morgan fingerprint density at radius 3 is 2.64 bits per heavy atom. The molecule has 56 valence electrons. The van der Waals surface area contributed by atoms with Crippen LogP contribution in [0.25, 0.3) is 5.57 Å². The van der Waals surface area contributed by atoms with E-state index in [0.29, 0.717) is 0 Å². The monoisotopic (exact) mass is 206 g/mol. The molecule has 1 heterocycles. The Morgan fingerprint density at radius 2 is 1.91 bits per heavy atom. The normalized spacial score (nSPS) is 21.3. The van der Waals surface area contributed by atoms with Gasteiger partial charge in [0.15, 0.2) is 0 Å². The van der Waals surface area contributed by atoms with Crippen LogP contribution in [0.1, 0.15) is 12.5 Å². The molecule has 0 amide bonds. The Hall–Kier alpha value is -0.482. The van der Waals surface area contributed by atoms with Crippen LogP contribution in [0.4, 0.5) is 0 Å². The van der Waals surface area contributed by atoms with Crippen molar-refractivity contribution < 1.29 is 0 Å². The van der Waals surface area contributed by atoms with Crippen LogP contribution >= 0.6 is 0 Å². The van der Waals surface area contributed by atoms with Crippen molar-refractivity contribution in [2.75, 3.05) is 0 Å². The molecule has 1 atom stereocenters. The molecule has 0 N–H and O–H groups in total. The van der Waals surface area contributed by atoms with Crippen molar-refractivity contribution in [1.29, 1.82) is 0 Å². The van der Waals surface area contributed by atoms with E-state index in [2.05, 4.69) is 41.8 Å². The van der Waals surface area contributed by atoms with Crippen LogP contribution in [0.15, 0.2) is 29.1 Å². The first-order chi connectivity index (χ1) is 5.29. The van der Waals surface area contributed by atoms with E-state index in [1.54, 1.807) is 4.35 Å². The molecule has 0 saturated carbocycles. The van der Waals surface area contributed by atoms with Gasteiger partial charge in [-0.2, -0.15) is 0 Å². The van der Waals surface area contributed by atoms with E-state index in [4.69, 9.17) is 0 Å². The molecule has 0 spiro atoms. The van der Waals surface area contributed by atoms with Crippen molar-refractivity contribution in [3.63, 3.8) is 0 Å². The number of benzene rings is 1. The maximum atomic E-state index is 2.47. The average Bonchev–Trinajstić information content (AvgIpc) is 2.30. The van der Waals surface area contributed by atoms with E-state index in [1.807, 2.05) is 0 Å². The predicted molar refractivity (Wildman–Crippen MR) is 51.3 cm³/mol. The van der Waals surface area contributed by atoms with E-state index in [0.717, 1.165) is 0 Å². The van der Waals surface area contributed by atoms with Gasteiger partial charge in [-0.05, 0) is 0 Å². The van der Waals surface area contributed by atoms with Crippen molar-refractivity contribution in [2.45, 2.75) is 12.6 Å². The predicted octanol–water partition coefficient (Wildman–Crippen LogP) is 1.97. The first-order valence-corrected chi connectivity index (χ1v) is 7.69. The van der Waals surface area contributed by atoms with Gasteiger partial charge < -0.3 is 0 Å². The fourth-order valence-corrected chi connectivity index (χ4v) is 5.34. The van der Waals surface area contributed by atoms with Gasteiger partial charge in [-0.15, -0.1) is 0 Å². The van der Waals surface area contributed by atoms with Crippen molar-refractivity contribution in [3.8, 4) is 0 Å². The zero-order chi connectivity index (χ0) is 7.84. The molecule has 0 bridgehead atoms. The van der Waals surface area contributed by atoms with E-state index in [9.17, 15) is 0 Å². The molecule has 1 aliphatic rings. The SMILES string of the molecule is CC1=C[As](C)c2ccccc21. The summed E-state index contributed by atoms with van der Waals surface area (Å²) in [6, 6.07) is 8.79. The van der Waals surface area contributed by atoms with Gasteiger partial charge >= 0.3 is 71.9 Å². The van der Waals surface area contributed by atoms with Crippen LogP contribution in [0.2, 0.25) is 5.71 Å². The van der Waals surface area contributed by atoms with Gasteiger partial charge in [-0.3, -0.25) is 0 Å². The molecule has 0 nitrogen and oxygen atoms in total. The molecule has 1 unspecified atom stereocenters. The van der Waals surface area contributed by atoms with E-state index in [1.165, 1.54) is 11.1 Å². The molecule has 1 heteroatoms. The van der Waals surface area contributed by atoms with Gasteiger partial charge in [0.05, 0.1) is 0 Å². The van der Waals surface area contributed by atoms with E-state index in [-0.39, 0.29) is 0 Å². The second kappa shape index (κ2) is 2.53. The van der Waals surface area contributed by atoms with Gasteiger partial charge in [0.2, 0.25) is 0 Å². The summed E-state index contributed by atoms with van der Waals surface area (Å²) >= 11 is -0.731. The summed E-state index contributed by atoms with van der Waals surface area (Å²) in [5.74, 6) is 0. The summed E-state index contributed by atoms with van der Waals surface area (Å²) in [6.07, 6.45) is 0. The molecule has 0 aliphatic carbocycles. The number of hydrogen-bond acceptors (Lipinski definition) is 0. The van der Waals surface area contributed by atoms with Crippen molar-refractivity contribution in [3.05, 3.63) is 34.7 Å². The van der Waals surface area contributed by atoms with Crippen molar-refractivity contribution in [2.24, 2.45) is 0 Å². The Balaban J connectivity index is 2.62. The van der Waals surface area contributed by atoms with E-state index >= 15 is 0 Å². The number of hydrogen-bond donors (Lipinski definition) is 0. The topological polar surface area (TPSA) is 0 Å². The average molecular weight is 206 g/mol. The summed E-state index contributed by atoms with van der Waals surface area (Å²) in [5.41, 5.74) is 5.38. The third-order valence-corrected chi connectivity index (χ3v) is 6.13. The van der Waals surface area contributed by atoms with Crippen LogP contribution < -0.4 is 4.35 Å². The van der Waals surface area contributed by atoms with Gasteiger partial charge in [0.25, 0.3) is 0 Å². The number of rotatable bonds is 0. The summed E-state index contributed by atoms with van der Waals surface area (Å²) < 4.78 is 1.62. The van der Waals surface area contributed by atoms with E-state index < -0.39 is 14.7 Å². The van der Waals surface area contributed by atoms with Crippen LogP contribution in [0.5, 0.6) is 0 Å². The molecule has 1 aromatic rings. The third kappa shape index (κ3) is 1.06. The van der Waals surface area contributed by atoms with Crippen LogP contribution in [0.3, 0.4) is 0 Å². The second-order valence-corrected chi connectivity index (χ2v) is 7.06. The molecule has 2 rings (SSSR count). The quantitative estimate of drug-likeness (QED) is 0.569. The molecule has 0 aromatic heterocycles. The summed E-state index contributed by atoms with van der Waals surface area (Å²) in [6.45, 7) is 2.22. The molecule has 11 heavy (non-hydrogen) atoms. The Labute approximate surface area is 72.2 Å². The molecule has 1 aliphatic heterocycles. The van der Waals surface area contributed by atoms with Gasteiger partial charge in [0.1, 0.15) is 0 Å². The molecule has 1 aromatic carbocycles. The van der Waals surface area contributed by atoms with Crippen LogP contribution in [0, 0.1) is 0 Å². The molecule has 0 radical (unpaired) electrons. The van der Waals surface area contributed by atoms with Gasteiger partial charge in [-0.25, -0.2) is 0 Å². The van der Waals surface area contributed by atoms with Crippen molar-refractivity contribution >= 4 is 24.6 Å². The minimum absolute atomic E-state index is 0.731. The summed E-state index contributed by atoms with van der Waals surface area (Å²) in [4.78, 5) is 2.47. The Bertz CT molecular complexity index is 312. The number of fused-ring (bicyclic) bond motifs is 1. The fourth-order valence-electron chi connectivity index (χ4n) is 1.54. The van der Waals surface area contributed by atoms with Crippen LogP contribution in [-0.2, 0) is 0 Å². The standard InChI is InChI=1S/C10H11As/c1-8-7-11(2)10-6-4-3-5-9(8)10/h3-7H,1-2H3. The zero-order valence-corrected chi connectivity index (χ0v) is 8.71. The Morgan fingerprint density at radius 1 is 1.18 bits per heavy atom. The first-order valence-electron chi connectivity index (χ1n) is 3.80. The minimum atomic E-state index is -0.731. The maximum absolute atomic E-state index is 2.47. The Kier molecular flexibility index (Phi) is 1.65. The van der Waals surface area contributed by atoms with Crippen molar-refractivity contribution in [1.82, 2.24) is 0 Å². The molecule has 0 fully saturated rings. The molecular weight excluding hydrogens is 195 g/mol. The first kappa shape index (κ1) is 7.18. The number of allylic oxidation sites excluding steroid dienone is 1. The summed E-state index contributed by atoms with van der Waals surface area (Å²) in [7, 11) is 0. The summed E-state index contributed by atoms with van der Waals surface area (Å²) in [5, 5.41) is 0. The molecule has 0 saturated heterocycles. The van der Waals surface area contributed by atoms with Gasteiger partial charge in [-0.1, -0.05) is 0 Å². The second-order valence-electron chi connectivity index (χ2n) is 2.94. The van der Waals surface area contributed by atoms with Gasteiger partial charge in [0, 0.05) is 0 Å². The third-order valence-electron chi connectivity index (χ3n) is 2.10.